The highest BCUT2D eigenvalue weighted by atomic mass is 32.2. The minimum absolute atomic E-state index is 0.00759. The maximum Gasteiger partial charge on any atom is 0.253 e. The average molecular weight is 486 g/mol. The van der Waals surface area contributed by atoms with Gasteiger partial charge in [-0.15, -0.1) is 0 Å². The van der Waals surface area contributed by atoms with Gasteiger partial charge in [0.05, 0.1) is 22.4 Å². The lowest BCUT2D eigenvalue weighted by molar-refractivity contribution is -0.143. The van der Waals surface area contributed by atoms with E-state index in [1.807, 2.05) is 37.3 Å². The molecular formula is C24H27N3O6S. The van der Waals surface area contributed by atoms with E-state index in [4.69, 9.17) is 9.94 Å². The summed E-state index contributed by atoms with van der Waals surface area (Å²) in [5.41, 5.74) is 2.88. The maximum absolute atomic E-state index is 12.9. The number of sulfonamides is 1. The first-order chi connectivity index (χ1) is 16.3. The number of aliphatic hydroxyl groups excluding tert-OH is 1. The minimum atomic E-state index is -3.97. The standard InChI is InChI=1S/C24H27N3O6S/c1-16-13-17(20-5-2-3-6-21(20)25-16)14-33-18-8-10-19(11-9-18)34(31,32)27-22-7-4-12-24(22,15-28)23(29)26-30/h2-3,5-6,8-11,13,22,27-28,30H,4,7,12,14-15H2,1H3,(H,26,29)/t22-,24-/m1/s1. The van der Waals surface area contributed by atoms with E-state index >= 15 is 0 Å². The van der Waals surface area contributed by atoms with Crippen LogP contribution in [0.1, 0.15) is 30.5 Å². The molecule has 4 N–H and O–H groups in total. The molecule has 4 rings (SSSR count). The SMILES string of the molecule is Cc1cc(COc2ccc(S(=O)(=O)N[C@@H]3CCC[C@]3(CO)C(=O)NO)cc2)c2ccccc2n1. The number of nitrogens with one attached hydrogen (secondary N) is 2. The Morgan fingerprint density at radius 3 is 2.65 bits per heavy atom. The van der Waals surface area contributed by atoms with E-state index in [0.29, 0.717) is 25.2 Å². The molecule has 1 aliphatic rings. The molecule has 1 amide bonds. The average Bonchev–Trinajstić information content (AvgIpc) is 3.25. The second kappa shape index (κ2) is 9.67. The molecule has 0 unspecified atom stereocenters. The number of pyridine rings is 1. The topological polar surface area (TPSA) is 138 Å². The lowest BCUT2D eigenvalue weighted by Crippen LogP contribution is -2.54. The zero-order chi connectivity index (χ0) is 24.3. The van der Waals surface area contributed by atoms with E-state index in [-0.39, 0.29) is 11.3 Å². The summed E-state index contributed by atoms with van der Waals surface area (Å²) in [6.45, 7) is 1.64. The zero-order valence-electron chi connectivity index (χ0n) is 18.7. The van der Waals surface area contributed by atoms with Gasteiger partial charge in [-0.25, -0.2) is 18.6 Å². The second-order valence-corrected chi connectivity index (χ2v) is 10.2. The number of amides is 1. The lowest BCUT2D eigenvalue weighted by Gasteiger charge is -2.31. The Morgan fingerprint density at radius 2 is 1.94 bits per heavy atom. The number of benzene rings is 2. The van der Waals surface area contributed by atoms with Crippen LogP contribution in [-0.2, 0) is 21.4 Å². The van der Waals surface area contributed by atoms with Gasteiger partial charge < -0.3 is 9.84 Å². The maximum atomic E-state index is 12.9. The molecule has 34 heavy (non-hydrogen) atoms. The monoisotopic (exact) mass is 485 g/mol. The van der Waals surface area contributed by atoms with E-state index in [0.717, 1.165) is 22.2 Å². The van der Waals surface area contributed by atoms with Crippen LogP contribution >= 0.6 is 0 Å². The fourth-order valence-electron chi connectivity index (χ4n) is 4.53. The van der Waals surface area contributed by atoms with Gasteiger partial charge >= 0.3 is 0 Å². The van der Waals surface area contributed by atoms with Crippen LogP contribution in [-0.4, -0.2) is 42.3 Å². The number of carbonyl (C=O) groups excluding carboxylic acids is 1. The number of carbonyl (C=O) groups is 1. The van der Waals surface area contributed by atoms with E-state index in [9.17, 15) is 18.3 Å². The first kappa shape index (κ1) is 24.1. The van der Waals surface area contributed by atoms with Crippen molar-refractivity contribution >= 4 is 26.8 Å². The number of fused-ring (bicyclic) bond motifs is 1. The molecule has 0 bridgehead atoms. The smallest absolute Gasteiger partial charge is 0.253 e. The molecule has 2 atom stereocenters. The van der Waals surface area contributed by atoms with Crippen molar-refractivity contribution < 1.29 is 28.3 Å². The first-order valence-electron chi connectivity index (χ1n) is 10.9. The van der Waals surface area contributed by atoms with Crippen molar-refractivity contribution in [2.45, 2.75) is 43.7 Å². The third kappa shape index (κ3) is 4.62. The number of hydrogen-bond acceptors (Lipinski definition) is 7. The number of para-hydroxylation sites is 1. The number of hydroxylamine groups is 1. The van der Waals surface area contributed by atoms with Crippen LogP contribution < -0.4 is 14.9 Å². The quantitative estimate of drug-likeness (QED) is 0.284. The predicted octanol–water partition coefficient (Wildman–Crippen LogP) is 2.44. The Morgan fingerprint density at radius 1 is 1.21 bits per heavy atom. The van der Waals surface area contributed by atoms with Crippen LogP contribution in [0.5, 0.6) is 5.75 Å². The molecule has 180 valence electrons. The number of aliphatic hydroxyl groups is 1. The Kier molecular flexibility index (Phi) is 6.85. The van der Waals surface area contributed by atoms with Crippen molar-refractivity contribution in [3.63, 3.8) is 0 Å². The molecular weight excluding hydrogens is 458 g/mol. The van der Waals surface area contributed by atoms with E-state index < -0.39 is 34.0 Å². The fraction of sp³-hybridized carbons (Fsp3) is 0.333. The van der Waals surface area contributed by atoms with Crippen LogP contribution in [0.3, 0.4) is 0 Å². The van der Waals surface area contributed by atoms with Gasteiger partial charge in [0.2, 0.25) is 10.0 Å². The van der Waals surface area contributed by atoms with Gasteiger partial charge in [-0.1, -0.05) is 24.6 Å². The van der Waals surface area contributed by atoms with Gasteiger partial charge in [0.25, 0.3) is 5.91 Å². The second-order valence-electron chi connectivity index (χ2n) is 8.52. The van der Waals surface area contributed by atoms with Gasteiger partial charge in [0.1, 0.15) is 12.4 Å². The van der Waals surface area contributed by atoms with Crippen molar-refractivity contribution in [1.82, 2.24) is 15.2 Å². The predicted molar refractivity (Wildman–Crippen MR) is 125 cm³/mol. The third-order valence-corrected chi connectivity index (χ3v) is 7.86. The molecule has 2 aromatic carbocycles. The molecule has 1 heterocycles. The molecule has 9 nitrogen and oxygen atoms in total. The first-order valence-corrected chi connectivity index (χ1v) is 12.4. The van der Waals surface area contributed by atoms with E-state index in [1.54, 1.807) is 17.6 Å². The molecule has 0 radical (unpaired) electrons. The van der Waals surface area contributed by atoms with E-state index in [1.165, 1.54) is 12.1 Å². The molecule has 1 saturated carbocycles. The van der Waals surface area contributed by atoms with Crippen molar-refractivity contribution in [3.05, 3.63) is 65.9 Å². The summed E-state index contributed by atoms with van der Waals surface area (Å²) < 4.78 is 34.3. The Balaban J connectivity index is 1.48. The number of aryl methyl sites for hydroxylation is 1. The molecule has 1 aromatic heterocycles. The highest BCUT2D eigenvalue weighted by Gasteiger charge is 2.50. The molecule has 0 spiro atoms. The summed E-state index contributed by atoms with van der Waals surface area (Å²) in [6.07, 6.45) is 1.17. The highest BCUT2D eigenvalue weighted by Crippen LogP contribution is 2.39. The minimum Gasteiger partial charge on any atom is -0.489 e. The molecule has 1 fully saturated rings. The van der Waals surface area contributed by atoms with Crippen LogP contribution in [0.25, 0.3) is 10.9 Å². The van der Waals surface area contributed by atoms with Gasteiger partial charge in [-0.2, -0.15) is 0 Å². The van der Waals surface area contributed by atoms with Crippen molar-refractivity contribution in [2.24, 2.45) is 5.41 Å². The Labute approximate surface area is 197 Å². The van der Waals surface area contributed by atoms with Crippen LogP contribution in [0.2, 0.25) is 0 Å². The third-order valence-electron chi connectivity index (χ3n) is 6.37. The number of nitrogens with zero attached hydrogens (tertiary/aromatic N) is 1. The Bertz CT molecular complexity index is 1300. The normalized spacial score (nSPS) is 20.4. The van der Waals surface area contributed by atoms with Crippen LogP contribution in [0, 0.1) is 12.3 Å². The molecule has 10 heteroatoms. The molecule has 0 saturated heterocycles. The number of rotatable bonds is 8. The Hall–Kier alpha value is -3.05. The van der Waals surface area contributed by atoms with Gasteiger partial charge in [-0.05, 0) is 56.2 Å². The van der Waals surface area contributed by atoms with Crippen molar-refractivity contribution in [2.75, 3.05) is 6.61 Å². The van der Waals surface area contributed by atoms with E-state index in [2.05, 4.69) is 9.71 Å². The van der Waals surface area contributed by atoms with Gasteiger partial charge in [0.15, 0.2) is 0 Å². The van der Waals surface area contributed by atoms with Gasteiger partial charge in [0, 0.05) is 22.7 Å². The largest absolute Gasteiger partial charge is 0.489 e. The highest BCUT2D eigenvalue weighted by molar-refractivity contribution is 7.89. The summed E-state index contributed by atoms with van der Waals surface area (Å²) in [4.78, 5) is 16.7. The molecule has 0 aliphatic heterocycles. The number of ether oxygens (including phenoxy) is 1. The van der Waals surface area contributed by atoms with Crippen molar-refractivity contribution in [1.29, 1.82) is 0 Å². The molecule has 1 aliphatic carbocycles. The van der Waals surface area contributed by atoms with Crippen molar-refractivity contribution in [3.8, 4) is 5.75 Å². The molecule has 3 aromatic rings. The zero-order valence-corrected chi connectivity index (χ0v) is 19.5. The summed E-state index contributed by atoms with van der Waals surface area (Å²) in [7, 11) is -3.97. The van der Waals surface area contributed by atoms with Crippen LogP contribution in [0.4, 0.5) is 0 Å². The summed E-state index contributed by atoms with van der Waals surface area (Å²) in [6, 6.07) is 14.9. The van der Waals surface area contributed by atoms with Crippen LogP contribution in [0.15, 0.2) is 59.5 Å². The van der Waals surface area contributed by atoms with Gasteiger partial charge in [-0.3, -0.25) is 15.0 Å². The fourth-order valence-corrected chi connectivity index (χ4v) is 5.88. The number of aromatic nitrogens is 1. The summed E-state index contributed by atoms with van der Waals surface area (Å²) in [5.74, 6) is -0.300. The number of hydrogen-bond donors (Lipinski definition) is 4. The summed E-state index contributed by atoms with van der Waals surface area (Å²) in [5, 5.41) is 19.9. The summed E-state index contributed by atoms with van der Waals surface area (Å²) >= 11 is 0. The lowest BCUT2D eigenvalue weighted by atomic mass is 9.83.